The Hall–Kier alpha value is -2.39. The molecule has 1 aliphatic rings. The first-order chi connectivity index (χ1) is 13.4. The molecule has 152 valence electrons. The van der Waals surface area contributed by atoms with E-state index in [1.807, 2.05) is 50.2 Å². The largest absolute Gasteiger partial charge is 0.510 e. The Bertz CT molecular complexity index is 1060. The van der Waals surface area contributed by atoms with E-state index < -0.39 is 10.8 Å². The smallest absolute Gasteiger partial charge is 0.179 e. The number of Topliss-reactive ketones (excluding diaryl/α,β-unsaturated/α-hetero) is 2. The van der Waals surface area contributed by atoms with Gasteiger partial charge in [0, 0.05) is 5.02 Å². The minimum atomic E-state index is -1.20. The van der Waals surface area contributed by atoms with Crippen molar-refractivity contribution >= 4 is 28.7 Å². The second-order valence-corrected chi connectivity index (χ2v) is 9.25. The Labute approximate surface area is 177 Å². The number of hydrogen-bond donors (Lipinski definition) is 1. The van der Waals surface area contributed by atoms with Crippen LogP contribution in [-0.4, -0.2) is 16.7 Å². The van der Waals surface area contributed by atoms with E-state index in [4.69, 9.17) is 11.6 Å². The lowest BCUT2D eigenvalue weighted by molar-refractivity contribution is -0.143. The molecule has 0 aliphatic heterocycles. The first-order valence-corrected chi connectivity index (χ1v) is 10.2. The van der Waals surface area contributed by atoms with Crippen LogP contribution in [0.2, 0.25) is 5.02 Å². The van der Waals surface area contributed by atoms with E-state index in [-0.39, 0.29) is 22.9 Å². The van der Waals surface area contributed by atoms with E-state index in [9.17, 15) is 14.7 Å². The predicted molar refractivity (Wildman–Crippen MR) is 118 cm³/mol. The van der Waals surface area contributed by atoms with Crippen LogP contribution in [0.1, 0.15) is 51.3 Å². The van der Waals surface area contributed by atoms with E-state index in [0.29, 0.717) is 17.0 Å². The summed E-state index contributed by atoms with van der Waals surface area (Å²) in [6, 6.07) is 11.6. The molecule has 0 saturated heterocycles. The fourth-order valence-electron chi connectivity index (χ4n) is 4.16. The summed E-state index contributed by atoms with van der Waals surface area (Å²) in [4.78, 5) is 26.2. The molecular formula is C25H27ClO3. The Balaban J connectivity index is 2.32. The molecule has 0 fully saturated rings. The number of carbonyl (C=O) groups is 2. The number of hydrogen-bond acceptors (Lipinski definition) is 3. The van der Waals surface area contributed by atoms with Gasteiger partial charge in [0.1, 0.15) is 5.76 Å². The van der Waals surface area contributed by atoms with Crippen LogP contribution in [0.3, 0.4) is 0 Å². The highest BCUT2D eigenvalue weighted by molar-refractivity contribution is 6.34. The third kappa shape index (κ3) is 3.32. The molecule has 0 heterocycles. The molecule has 0 radical (unpaired) electrons. The number of rotatable bonds is 3. The van der Waals surface area contributed by atoms with Crippen molar-refractivity contribution in [3.63, 3.8) is 0 Å². The molecule has 1 aliphatic carbocycles. The van der Waals surface area contributed by atoms with Crippen molar-refractivity contribution in [1.82, 2.24) is 0 Å². The number of allylic oxidation sites excluding steroid dienone is 2. The quantitative estimate of drug-likeness (QED) is 0.599. The molecule has 0 unspecified atom stereocenters. The van der Waals surface area contributed by atoms with Gasteiger partial charge >= 0.3 is 0 Å². The summed E-state index contributed by atoms with van der Waals surface area (Å²) in [5.41, 5.74) is 2.51. The average Bonchev–Trinajstić information content (AvgIpc) is 2.68. The van der Waals surface area contributed by atoms with Crippen LogP contribution < -0.4 is 0 Å². The molecule has 0 saturated carbocycles. The van der Waals surface area contributed by atoms with Gasteiger partial charge in [0.15, 0.2) is 11.6 Å². The van der Waals surface area contributed by atoms with Crippen LogP contribution in [0, 0.1) is 17.8 Å². The highest BCUT2D eigenvalue weighted by Gasteiger charge is 2.53. The Kier molecular flexibility index (Phi) is 5.25. The van der Waals surface area contributed by atoms with Gasteiger partial charge in [-0.1, -0.05) is 36.7 Å². The van der Waals surface area contributed by atoms with Crippen molar-refractivity contribution in [2.45, 2.75) is 48.0 Å². The molecule has 3 rings (SSSR count). The van der Waals surface area contributed by atoms with E-state index >= 15 is 0 Å². The maximum Gasteiger partial charge on any atom is 0.179 e. The van der Waals surface area contributed by atoms with E-state index in [1.165, 1.54) is 0 Å². The number of carbonyl (C=O) groups excluding carboxylic acids is 2. The molecule has 0 atom stereocenters. The molecule has 2 aromatic carbocycles. The van der Waals surface area contributed by atoms with Crippen molar-refractivity contribution < 1.29 is 14.7 Å². The summed E-state index contributed by atoms with van der Waals surface area (Å²) >= 11 is 6.21. The molecule has 4 heteroatoms. The van der Waals surface area contributed by atoms with Gasteiger partial charge in [-0.3, -0.25) is 9.59 Å². The summed E-state index contributed by atoms with van der Waals surface area (Å²) in [5, 5.41) is 11.7. The first-order valence-electron chi connectivity index (χ1n) is 9.86. The topological polar surface area (TPSA) is 54.4 Å². The maximum absolute atomic E-state index is 13.3. The van der Waals surface area contributed by atoms with E-state index in [0.717, 1.165) is 22.3 Å². The van der Waals surface area contributed by atoms with Gasteiger partial charge in [0.25, 0.3) is 0 Å². The van der Waals surface area contributed by atoms with Crippen LogP contribution in [0.15, 0.2) is 42.2 Å². The number of aliphatic hydroxyl groups excluding tert-OH is 1. The second-order valence-electron chi connectivity index (χ2n) is 8.82. The molecule has 29 heavy (non-hydrogen) atoms. The van der Waals surface area contributed by atoms with Gasteiger partial charge in [-0.05, 0) is 87.1 Å². The summed E-state index contributed by atoms with van der Waals surface area (Å²) in [5.74, 6) is -0.758. The molecule has 0 aromatic heterocycles. The molecule has 0 amide bonds. The Morgan fingerprint density at radius 1 is 0.931 bits per heavy atom. The van der Waals surface area contributed by atoms with Gasteiger partial charge < -0.3 is 5.11 Å². The third-order valence-electron chi connectivity index (χ3n) is 6.03. The Morgan fingerprint density at radius 3 is 2.21 bits per heavy atom. The van der Waals surface area contributed by atoms with Crippen LogP contribution in [-0.2, 0) is 16.0 Å². The number of ketones is 2. The minimum Gasteiger partial charge on any atom is -0.510 e. The van der Waals surface area contributed by atoms with Gasteiger partial charge in [0.2, 0.25) is 0 Å². The monoisotopic (exact) mass is 410 g/mol. The number of aryl methyl sites for hydroxylation is 2. The zero-order chi connectivity index (χ0) is 21.7. The zero-order valence-electron chi connectivity index (χ0n) is 17.8. The number of halogens is 1. The summed E-state index contributed by atoms with van der Waals surface area (Å²) in [6.45, 7) is 10.7. The molecule has 3 nitrogen and oxygen atoms in total. The Morgan fingerprint density at radius 2 is 1.59 bits per heavy atom. The summed E-state index contributed by atoms with van der Waals surface area (Å²) in [6.07, 6.45) is 0.697. The maximum atomic E-state index is 13.3. The lowest BCUT2D eigenvalue weighted by Crippen LogP contribution is -2.48. The standard InChI is InChI=1S/C25H27ClO3/c1-7-15-9-10-16(18-13-17(26)11-8-14(18)2)12-19(15)20-21(27)24(3,4)23(29)25(5,6)22(20)28/h8-13,27H,7H2,1-6H3. The van der Waals surface area contributed by atoms with Crippen molar-refractivity contribution in [3.8, 4) is 11.1 Å². The first kappa shape index (κ1) is 21.3. The zero-order valence-corrected chi connectivity index (χ0v) is 18.6. The van der Waals surface area contributed by atoms with Crippen LogP contribution in [0.4, 0.5) is 0 Å². The number of aliphatic hydroxyl groups is 1. The van der Waals surface area contributed by atoms with Gasteiger partial charge in [-0.2, -0.15) is 0 Å². The molecule has 0 bridgehead atoms. The fourth-order valence-corrected chi connectivity index (χ4v) is 4.34. The molecule has 2 aromatic rings. The predicted octanol–water partition coefficient (Wildman–Crippen LogP) is 6.35. The minimum absolute atomic E-state index is 0.151. The molecule has 0 spiro atoms. The van der Waals surface area contributed by atoms with Gasteiger partial charge in [0.05, 0.1) is 16.4 Å². The van der Waals surface area contributed by atoms with Gasteiger partial charge in [-0.25, -0.2) is 0 Å². The fraction of sp³-hybridized carbons (Fsp3) is 0.360. The lowest BCUT2D eigenvalue weighted by Gasteiger charge is -2.38. The van der Waals surface area contributed by atoms with Crippen molar-refractivity contribution in [1.29, 1.82) is 0 Å². The SMILES string of the molecule is CCc1ccc(-c2cc(Cl)ccc2C)cc1C1=C(O)C(C)(C)C(=O)C(C)(C)C1=O. The summed E-state index contributed by atoms with van der Waals surface area (Å²) < 4.78 is 0. The normalized spacial score (nSPS) is 18.3. The summed E-state index contributed by atoms with van der Waals surface area (Å²) in [7, 11) is 0. The van der Waals surface area contributed by atoms with Crippen LogP contribution >= 0.6 is 11.6 Å². The highest BCUT2D eigenvalue weighted by Crippen LogP contribution is 2.47. The number of benzene rings is 2. The van der Waals surface area contributed by atoms with Crippen molar-refractivity contribution in [3.05, 3.63) is 63.9 Å². The van der Waals surface area contributed by atoms with E-state index in [2.05, 4.69) is 0 Å². The molecule has 1 N–H and O–H groups in total. The average molecular weight is 411 g/mol. The third-order valence-corrected chi connectivity index (χ3v) is 6.26. The highest BCUT2D eigenvalue weighted by atomic mass is 35.5. The van der Waals surface area contributed by atoms with Crippen LogP contribution in [0.5, 0.6) is 0 Å². The van der Waals surface area contributed by atoms with Crippen LogP contribution in [0.25, 0.3) is 16.7 Å². The van der Waals surface area contributed by atoms with Gasteiger partial charge in [-0.15, -0.1) is 0 Å². The van der Waals surface area contributed by atoms with Crippen molar-refractivity contribution in [2.75, 3.05) is 0 Å². The van der Waals surface area contributed by atoms with E-state index in [1.54, 1.807) is 27.7 Å². The second kappa shape index (κ2) is 7.14. The van der Waals surface area contributed by atoms with Crippen molar-refractivity contribution in [2.24, 2.45) is 10.8 Å². The lowest BCUT2D eigenvalue weighted by atomic mass is 9.62. The molecular weight excluding hydrogens is 384 g/mol.